The van der Waals surface area contributed by atoms with Crippen molar-refractivity contribution in [3.05, 3.63) is 28.9 Å². The van der Waals surface area contributed by atoms with Gasteiger partial charge in [0.2, 0.25) is 0 Å². The second-order valence-corrected chi connectivity index (χ2v) is 3.70. The maximum Gasteiger partial charge on any atom is 0.254 e. The van der Waals surface area contributed by atoms with Gasteiger partial charge in [-0.25, -0.2) is 0 Å². The summed E-state index contributed by atoms with van der Waals surface area (Å²) in [5.41, 5.74) is 0.514. The average Bonchev–Trinajstić information content (AvgIpc) is 2.82. The van der Waals surface area contributed by atoms with Gasteiger partial charge in [-0.3, -0.25) is 4.79 Å². The van der Waals surface area contributed by atoms with E-state index in [1.54, 1.807) is 18.5 Å². The molecule has 1 atom stereocenters. The van der Waals surface area contributed by atoms with E-state index in [4.69, 9.17) is 0 Å². The number of hydrogen-bond donors (Lipinski definition) is 2. The van der Waals surface area contributed by atoms with Gasteiger partial charge in [0, 0.05) is 18.3 Å². The van der Waals surface area contributed by atoms with E-state index in [2.05, 4.69) is 15.5 Å². The molecule has 0 aliphatic rings. The van der Waals surface area contributed by atoms with Crippen molar-refractivity contribution in [2.75, 3.05) is 0 Å². The van der Waals surface area contributed by atoms with E-state index < -0.39 is 6.17 Å². The van der Waals surface area contributed by atoms with Crippen molar-refractivity contribution in [2.24, 2.45) is 11.1 Å². The van der Waals surface area contributed by atoms with Gasteiger partial charge in [-0.15, -0.1) is 4.91 Å². The molecule has 0 aliphatic carbocycles. The molecule has 1 amide bonds. The first-order chi connectivity index (χ1) is 7.72. The van der Waals surface area contributed by atoms with Gasteiger partial charge < -0.3 is 10.3 Å². The lowest BCUT2D eigenvalue weighted by Gasteiger charge is -2.19. The smallest absolute Gasteiger partial charge is 0.254 e. The summed E-state index contributed by atoms with van der Waals surface area (Å²) in [5.74, 6) is -0.168. The van der Waals surface area contributed by atoms with Crippen molar-refractivity contribution < 1.29 is 4.79 Å². The second-order valence-electron chi connectivity index (χ2n) is 3.70. The lowest BCUT2D eigenvalue weighted by Crippen LogP contribution is -2.38. The zero-order chi connectivity index (χ0) is 12.0. The second kappa shape index (κ2) is 6.05. The van der Waals surface area contributed by atoms with Crippen LogP contribution in [-0.2, 0) is 0 Å². The molecule has 0 aliphatic heterocycles. The van der Waals surface area contributed by atoms with Gasteiger partial charge in [0.15, 0.2) is 6.17 Å². The Kier molecular flexibility index (Phi) is 4.69. The van der Waals surface area contributed by atoms with Crippen LogP contribution in [0, 0.1) is 10.8 Å². The Morgan fingerprint density at radius 2 is 2.19 bits per heavy atom. The third-order valence-corrected chi connectivity index (χ3v) is 2.75. The first-order valence-electron chi connectivity index (χ1n) is 5.49. The summed E-state index contributed by atoms with van der Waals surface area (Å²) in [7, 11) is 0. The molecule has 0 radical (unpaired) electrons. The monoisotopic (exact) mass is 223 g/mol. The molecule has 16 heavy (non-hydrogen) atoms. The Morgan fingerprint density at radius 1 is 1.50 bits per heavy atom. The van der Waals surface area contributed by atoms with Crippen LogP contribution in [0.1, 0.15) is 37.0 Å². The Morgan fingerprint density at radius 3 is 2.62 bits per heavy atom. The molecule has 0 fully saturated rings. The summed E-state index contributed by atoms with van der Waals surface area (Å²) in [6.07, 6.45) is 4.25. The molecule has 2 N–H and O–H groups in total. The minimum Gasteiger partial charge on any atom is -0.367 e. The number of nitroso groups, excluding NO2 is 1. The molecule has 0 spiro atoms. The van der Waals surface area contributed by atoms with E-state index in [1.807, 2.05) is 13.8 Å². The highest BCUT2D eigenvalue weighted by molar-refractivity contribution is 5.94. The molecule has 1 aromatic heterocycles. The van der Waals surface area contributed by atoms with Crippen LogP contribution in [0.15, 0.2) is 23.6 Å². The maximum absolute atomic E-state index is 11.7. The summed E-state index contributed by atoms with van der Waals surface area (Å²) < 4.78 is 0. The van der Waals surface area contributed by atoms with Crippen molar-refractivity contribution in [3.63, 3.8) is 0 Å². The first kappa shape index (κ1) is 12.4. The van der Waals surface area contributed by atoms with Crippen LogP contribution in [0.2, 0.25) is 0 Å². The van der Waals surface area contributed by atoms with E-state index in [-0.39, 0.29) is 11.8 Å². The molecule has 5 heteroatoms. The fraction of sp³-hybridized carbons (Fsp3) is 0.545. The molecular weight excluding hydrogens is 206 g/mol. The number of H-pyrrole nitrogens is 1. The average molecular weight is 223 g/mol. The van der Waals surface area contributed by atoms with Gasteiger partial charge in [0.1, 0.15) is 0 Å². The summed E-state index contributed by atoms with van der Waals surface area (Å²) in [5, 5.41) is 5.62. The van der Waals surface area contributed by atoms with Crippen LogP contribution in [-0.4, -0.2) is 17.1 Å². The third kappa shape index (κ3) is 2.92. The Balaban J connectivity index is 2.63. The summed E-state index contributed by atoms with van der Waals surface area (Å²) in [6.45, 7) is 3.96. The quantitative estimate of drug-likeness (QED) is 0.726. The fourth-order valence-corrected chi connectivity index (χ4v) is 1.65. The predicted octanol–water partition coefficient (Wildman–Crippen LogP) is 2.27. The largest absolute Gasteiger partial charge is 0.367 e. The van der Waals surface area contributed by atoms with E-state index in [9.17, 15) is 9.70 Å². The molecule has 1 aromatic rings. The Labute approximate surface area is 94.6 Å². The van der Waals surface area contributed by atoms with E-state index in [1.165, 1.54) is 0 Å². The van der Waals surface area contributed by atoms with Crippen LogP contribution >= 0.6 is 0 Å². The third-order valence-electron chi connectivity index (χ3n) is 2.75. The van der Waals surface area contributed by atoms with Gasteiger partial charge in [0.25, 0.3) is 5.91 Å². The highest BCUT2D eigenvalue weighted by Gasteiger charge is 2.21. The van der Waals surface area contributed by atoms with Crippen LogP contribution < -0.4 is 5.32 Å². The number of nitrogens with one attached hydrogen (secondary N) is 2. The van der Waals surface area contributed by atoms with Crippen molar-refractivity contribution >= 4 is 5.91 Å². The van der Waals surface area contributed by atoms with Crippen LogP contribution in [0.3, 0.4) is 0 Å². The number of carbonyl (C=O) groups is 1. The van der Waals surface area contributed by atoms with E-state index in [0.29, 0.717) is 5.56 Å². The van der Waals surface area contributed by atoms with Crippen molar-refractivity contribution in [1.29, 1.82) is 0 Å². The van der Waals surface area contributed by atoms with E-state index in [0.717, 1.165) is 12.8 Å². The van der Waals surface area contributed by atoms with Gasteiger partial charge >= 0.3 is 0 Å². The zero-order valence-corrected chi connectivity index (χ0v) is 9.56. The normalized spacial score (nSPS) is 12.4. The number of carbonyl (C=O) groups excluding carboxylic acids is 1. The van der Waals surface area contributed by atoms with Gasteiger partial charge in [-0.2, -0.15) is 0 Å². The number of nitrogens with zero attached hydrogens (tertiary/aromatic N) is 1. The van der Waals surface area contributed by atoms with Gasteiger partial charge in [0.05, 0.1) is 5.56 Å². The number of hydrogen-bond acceptors (Lipinski definition) is 3. The lowest BCUT2D eigenvalue weighted by molar-refractivity contribution is 0.0922. The fourth-order valence-electron chi connectivity index (χ4n) is 1.65. The SMILES string of the molecule is CCC(CC)C(N=O)NC(=O)c1cc[nH]c1. The van der Waals surface area contributed by atoms with Crippen molar-refractivity contribution in [2.45, 2.75) is 32.9 Å². The minimum absolute atomic E-state index is 0.0976. The summed E-state index contributed by atoms with van der Waals surface area (Å²) in [4.78, 5) is 25.2. The molecule has 1 unspecified atom stereocenters. The number of rotatable bonds is 6. The van der Waals surface area contributed by atoms with Gasteiger partial charge in [-0.05, 0) is 24.1 Å². The van der Waals surface area contributed by atoms with Crippen LogP contribution in [0.4, 0.5) is 0 Å². The summed E-state index contributed by atoms with van der Waals surface area (Å²) >= 11 is 0. The zero-order valence-electron chi connectivity index (χ0n) is 9.56. The topological polar surface area (TPSA) is 74.3 Å². The maximum atomic E-state index is 11.7. The minimum atomic E-state index is -0.641. The Hall–Kier alpha value is -1.65. The summed E-state index contributed by atoms with van der Waals surface area (Å²) in [6, 6.07) is 1.66. The Bertz CT molecular complexity index is 331. The lowest BCUT2D eigenvalue weighted by atomic mass is 10.00. The number of amides is 1. The predicted molar refractivity (Wildman–Crippen MR) is 61.9 cm³/mol. The molecule has 5 nitrogen and oxygen atoms in total. The highest BCUT2D eigenvalue weighted by atomic mass is 16.3. The van der Waals surface area contributed by atoms with Crippen molar-refractivity contribution in [3.8, 4) is 0 Å². The molecule has 1 heterocycles. The molecule has 0 saturated carbocycles. The van der Waals surface area contributed by atoms with Crippen LogP contribution in [0.25, 0.3) is 0 Å². The highest BCUT2D eigenvalue weighted by Crippen LogP contribution is 2.14. The number of aromatic amines is 1. The molecule has 1 rings (SSSR count). The first-order valence-corrected chi connectivity index (χ1v) is 5.49. The molecular formula is C11H17N3O2. The molecule has 0 saturated heterocycles. The van der Waals surface area contributed by atoms with Gasteiger partial charge in [-0.1, -0.05) is 13.8 Å². The van der Waals surface area contributed by atoms with Crippen LogP contribution in [0.5, 0.6) is 0 Å². The molecule has 0 aromatic carbocycles. The molecule has 0 bridgehead atoms. The standard InChI is InChI=1S/C11H17N3O2/c1-3-8(4-2)10(14-16)13-11(15)9-5-6-12-7-9/h5-8,10,12H,3-4H2,1-2H3,(H,13,15). The molecule has 88 valence electrons. The number of aromatic nitrogens is 1. The van der Waals surface area contributed by atoms with Crippen molar-refractivity contribution in [1.82, 2.24) is 10.3 Å². The van der Waals surface area contributed by atoms with E-state index >= 15 is 0 Å².